The van der Waals surface area contributed by atoms with Gasteiger partial charge in [-0.2, -0.15) is 4.98 Å². The summed E-state index contributed by atoms with van der Waals surface area (Å²) < 4.78 is 5.68. The van der Waals surface area contributed by atoms with E-state index in [0.29, 0.717) is 5.75 Å². The lowest BCUT2D eigenvalue weighted by Crippen LogP contribution is -2.12. The maximum atomic E-state index is 11.4. The number of aryl methyl sites for hydroxylation is 1. The lowest BCUT2D eigenvalue weighted by atomic mass is 10.2. The van der Waals surface area contributed by atoms with E-state index in [0.717, 1.165) is 5.56 Å². The van der Waals surface area contributed by atoms with Crippen molar-refractivity contribution in [2.24, 2.45) is 0 Å². The van der Waals surface area contributed by atoms with Gasteiger partial charge in [-0.15, -0.1) is 0 Å². The third-order valence-corrected chi connectivity index (χ3v) is 2.79. The van der Waals surface area contributed by atoms with Crippen molar-refractivity contribution < 1.29 is 4.74 Å². The third-order valence-electron chi connectivity index (χ3n) is 2.09. The van der Waals surface area contributed by atoms with Crippen LogP contribution in [-0.2, 0) is 0 Å². The van der Waals surface area contributed by atoms with Gasteiger partial charge in [0.05, 0.1) is 0 Å². The topological polar surface area (TPSA) is 81.0 Å². The number of nitrogens with one attached hydrogen (secondary N) is 1. The largest absolute Gasteiger partial charge is 0.438 e. The van der Waals surface area contributed by atoms with Gasteiger partial charge in [-0.05, 0) is 35.0 Å². The minimum atomic E-state index is -0.375. The van der Waals surface area contributed by atoms with E-state index in [1.165, 1.54) is 0 Å². The SMILES string of the molecule is Cc1ccc(Oc2nc(N)[nH]c(=O)c2Br)cc1. The van der Waals surface area contributed by atoms with E-state index >= 15 is 0 Å². The number of nitrogen functional groups attached to an aromatic ring is 1. The molecule has 0 saturated carbocycles. The number of anilines is 1. The zero-order valence-electron chi connectivity index (χ0n) is 9.03. The summed E-state index contributed by atoms with van der Waals surface area (Å²) in [5, 5.41) is 0. The highest BCUT2D eigenvalue weighted by molar-refractivity contribution is 9.10. The summed E-state index contributed by atoms with van der Waals surface area (Å²) in [5.74, 6) is 0.754. The van der Waals surface area contributed by atoms with Gasteiger partial charge in [0.15, 0.2) is 0 Å². The fourth-order valence-electron chi connectivity index (χ4n) is 1.24. The van der Waals surface area contributed by atoms with Gasteiger partial charge in [0, 0.05) is 0 Å². The first-order chi connectivity index (χ1) is 8.06. The van der Waals surface area contributed by atoms with Gasteiger partial charge >= 0.3 is 0 Å². The molecule has 6 heteroatoms. The van der Waals surface area contributed by atoms with Crippen LogP contribution in [0.3, 0.4) is 0 Å². The first kappa shape index (κ1) is 11.7. The Morgan fingerprint density at radius 1 is 1.35 bits per heavy atom. The molecule has 5 nitrogen and oxygen atoms in total. The van der Waals surface area contributed by atoms with E-state index in [-0.39, 0.29) is 21.9 Å². The zero-order valence-corrected chi connectivity index (χ0v) is 10.6. The Labute approximate surface area is 106 Å². The number of nitrogens with zero attached hydrogens (tertiary/aromatic N) is 1. The van der Waals surface area contributed by atoms with E-state index in [2.05, 4.69) is 25.9 Å². The molecule has 88 valence electrons. The average Bonchev–Trinajstić information content (AvgIpc) is 2.28. The van der Waals surface area contributed by atoms with Crippen molar-refractivity contribution >= 4 is 21.9 Å². The molecule has 0 radical (unpaired) electrons. The number of rotatable bonds is 2. The second-order valence-electron chi connectivity index (χ2n) is 3.49. The molecule has 2 rings (SSSR count). The standard InChI is InChI=1S/C11H10BrN3O2/c1-6-2-4-7(5-3-6)17-10-8(12)9(16)14-11(13)15-10/h2-5H,1H3,(H3,13,14,15,16). The highest BCUT2D eigenvalue weighted by atomic mass is 79.9. The molecule has 17 heavy (non-hydrogen) atoms. The fraction of sp³-hybridized carbons (Fsp3) is 0.0909. The van der Waals surface area contributed by atoms with Crippen LogP contribution in [0.15, 0.2) is 33.5 Å². The molecule has 2 aromatic rings. The van der Waals surface area contributed by atoms with Gasteiger partial charge in [-0.1, -0.05) is 17.7 Å². The highest BCUT2D eigenvalue weighted by Crippen LogP contribution is 2.25. The number of aromatic amines is 1. The summed E-state index contributed by atoms with van der Waals surface area (Å²) in [6.45, 7) is 1.98. The summed E-state index contributed by atoms with van der Waals surface area (Å²) in [6.07, 6.45) is 0. The Hall–Kier alpha value is -1.82. The smallest absolute Gasteiger partial charge is 0.270 e. The van der Waals surface area contributed by atoms with Gasteiger partial charge in [0.1, 0.15) is 10.2 Å². The maximum Gasteiger partial charge on any atom is 0.270 e. The first-order valence-electron chi connectivity index (χ1n) is 4.86. The summed E-state index contributed by atoms with van der Waals surface area (Å²) in [5.41, 5.74) is 6.18. The first-order valence-corrected chi connectivity index (χ1v) is 5.65. The van der Waals surface area contributed by atoms with E-state index in [1.54, 1.807) is 12.1 Å². The number of H-pyrrole nitrogens is 1. The molecule has 0 saturated heterocycles. The molecular formula is C11H10BrN3O2. The minimum Gasteiger partial charge on any atom is -0.438 e. The molecule has 0 spiro atoms. The van der Waals surface area contributed by atoms with E-state index in [1.807, 2.05) is 19.1 Å². The van der Waals surface area contributed by atoms with Crippen molar-refractivity contribution in [1.82, 2.24) is 9.97 Å². The number of hydrogen-bond acceptors (Lipinski definition) is 4. The van der Waals surface area contributed by atoms with E-state index in [4.69, 9.17) is 10.5 Å². The van der Waals surface area contributed by atoms with Crippen LogP contribution in [0.5, 0.6) is 11.6 Å². The molecule has 1 aromatic heterocycles. The summed E-state index contributed by atoms with van der Waals surface area (Å²) >= 11 is 3.10. The van der Waals surface area contributed by atoms with Crippen LogP contribution in [-0.4, -0.2) is 9.97 Å². The molecule has 3 N–H and O–H groups in total. The molecule has 0 aliphatic heterocycles. The third kappa shape index (κ3) is 2.65. The van der Waals surface area contributed by atoms with Gasteiger partial charge in [-0.25, -0.2) is 0 Å². The van der Waals surface area contributed by atoms with Crippen molar-refractivity contribution in [2.75, 3.05) is 5.73 Å². The average molecular weight is 296 g/mol. The van der Waals surface area contributed by atoms with Crippen molar-refractivity contribution in [1.29, 1.82) is 0 Å². The predicted octanol–water partition coefficient (Wildman–Crippen LogP) is 2.22. The zero-order chi connectivity index (χ0) is 12.4. The second-order valence-corrected chi connectivity index (χ2v) is 4.28. The van der Waals surface area contributed by atoms with Crippen molar-refractivity contribution in [2.45, 2.75) is 6.92 Å². The van der Waals surface area contributed by atoms with E-state index in [9.17, 15) is 4.79 Å². The number of aromatic nitrogens is 2. The summed E-state index contributed by atoms with van der Waals surface area (Å²) in [4.78, 5) is 17.7. The van der Waals surface area contributed by atoms with Gasteiger partial charge < -0.3 is 10.5 Å². The molecule has 0 amide bonds. The van der Waals surface area contributed by atoms with Crippen LogP contribution in [0.4, 0.5) is 5.95 Å². The van der Waals surface area contributed by atoms with Crippen molar-refractivity contribution in [3.05, 3.63) is 44.7 Å². The number of halogens is 1. The number of benzene rings is 1. The number of nitrogens with two attached hydrogens (primary N) is 1. The molecule has 0 unspecified atom stereocenters. The van der Waals surface area contributed by atoms with Crippen molar-refractivity contribution in [3.8, 4) is 11.6 Å². The molecule has 0 bridgehead atoms. The number of ether oxygens (including phenoxy) is 1. The van der Waals surface area contributed by atoms with Crippen LogP contribution in [0, 0.1) is 6.92 Å². The van der Waals surface area contributed by atoms with Crippen LogP contribution < -0.4 is 16.0 Å². The van der Waals surface area contributed by atoms with Crippen LogP contribution in [0.1, 0.15) is 5.56 Å². The Morgan fingerprint density at radius 2 is 2.00 bits per heavy atom. The highest BCUT2D eigenvalue weighted by Gasteiger charge is 2.09. The predicted molar refractivity (Wildman–Crippen MR) is 68.2 cm³/mol. The normalized spacial score (nSPS) is 10.2. The lowest BCUT2D eigenvalue weighted by Gasteiger charge is -2.06. The van der Waals surface area contributed by atoms with Crippen LogP contribution >= 0.6 is 15.9 Å². The summed E-state index contributed by atoms with van der Waals surface area (Å²) in [6, 6.07) is 7.39. The second kappa shape index (κ2) is 4.58. The molecule has 0 atom stereocenters. The lowest BCUT2D eigenvalue weighted by molar-refractivity contribution is 0.458. The maximum absolute atomic E-state index is 11.4. The van der Waals surface area contributed by atoms with Crippen molar-refractivity contribution in [3.63, 3.8) is 0 Å². The van der Waals surface area contributed by atoms with Gasteiger partial charge in [0.2, 0.25) is 11.8 Å². The molecule has 0 fully saturated rings. The minimum absolute atomic E-state index is 0.0142. The molecular weight excluding hydrogens is 286 g/mol. The Bertz CT molecular complexity index is 593. The fourth-order valence-corrected chi connectivity index (χ4v) is 1.51. The Kier molecular flexibility index (Phi) is 3.14. The van der Waals surface area contributed by atoms with E-state index < -0.39 is 0 Å². The quantitative estimate of drug-likeness (QED) is 0.890. The number of hydrogen-bond donors (Lipinski definition) is 2. The van der Waals surface area contributed by atoms with Gasteiger partial charge in [-0.3, -0.25) is 9.78 Å². The molecule has 0 aliphatic carbocycles. The van der Waals surface area contributed by atoms with Crippen LogP contribution in [0.2, 0.25) is 0 Å². The summed E-state index contributed by atoms with van der Waals surface area (Å²) in [7, 11) is 0. The monoisotopic (exact) mass is 295 g/mol. The Morgan fingerprint density at radius 3 is 2.65 bits per heavy atom. The molecule has 0 aliphatic rings. The molecule has 1 heterocycles. The van der Waals surface area contributed by atoms with Crippen LogP contribution in [0.25, 0.3) is 0 Å². The Balaban J connectivity index is 2.36. The molecule has 1 aromatic carbocycles. The van der Waals surface area contributed by atoms with Gasteiger partial charge in [0.25, 0.3) is 5.56 Å².